The summed E-state index contributed by atoms with van der Waals surface area (Å²) in [6.45, 7) is 0. The molecule has 0 aliphatic carbocycles. The number of carbonyl (C=O) groups is 2. The maximum atomic E-state index is 12.7. The summed E-state index contributed by atoms with van der Waals surface area (Å²) in [5.41, 5.74) is 4.45. The van der Waals surface area contributed by atoms with Crippen LogP contribution in [0.2, 0.25) is 0 Å². The molecule has 0 heterocycles. The first-order chi connectivity index (χ1) is 14.7. The van der Waals surface area contributed by atoms with E-state index in [0.717, 1.165) is 5.56 Å². The van der Waals surface area contributed by atoms with Crippen molar-refractivity contribution in [2.24, 2.45) is 5.10 Å². The first kappa shape index (κ1) is 20.5. The van der Waals surface area contributed by atoms with E-state index >= 15 is 0 Å². The summed E-state index contributed by atoms with van der Waals surface area (Å²) in [7, 11) is 1.56. The lowest BCUT2D eigenvalue weighted by Gasteiger charge is -2.09. The molecule has 0 saturated carbocycles. The lowest BCUT2D eigenvalue weighted by Crippen LogP contribution is -2.32. The highest BCUT2D eigenvalue weighted by molar-refractivity contribution is 6.05. The molecule has 6 nitrogen and oxygen atoms in total. The summed E-state index contributed by atoms with van der Waals surface area (Å²) in [5, 5.41) is 6.66. The molecule has 150 valence electrons. The van der Waals surface area contributed by atoms with Crippen molar-refractivity contribution in [1.29, 1.82) is 0 Å². The van der Waals surface area contributed by atoms with Crippen molar-refractivity contribution >= 4 is 24.1 Å². The highest BCUT2D eigenvalue weighted by atomic mass is 16.5. The second-order valence-corrected chi connectivity index (χ2v) is 6.23. The summed E-state index contributed by atoms with van der Waals surface area (Å²) in [4.78, 5) is 25.3. The van der Waals surface area contributed by atoms with Gasteiger partial charge >= 0.3 is 0 Å². The molecule has 2 amide bonds. The van der Waals surface area contributed by atoms with Crippen molar-refractivity contribution in [3.63, 3.8) is 0 Å². The molecule has 0 fully saturated rings. The van der Waals surface area contributed by atoms with E-state index in [0.29, 0.717) is 16.9 Å². The molecular formula is C24H21N3O3. The summed E-state index contributed by atoms with van der Waals surface area (Å²) in [6, 6.07) is 25.2. The standard InChI is InChI=1S/C24H21N3O3/c1-30-22-15-9-8-14-20(22)17-25-27-24(29)21(16-18-10-4-2-5-11-18)26-23(28)19-12-6-3-7-13-19/h2-17H,1H3,(H,26,28)(H,27,29)/b21-16-,25-17-. The first-order valence-corrected chi connectivity index (χ1v) is 9.27. The van der Waals surface area contributed by atoms with Crippen LogP contribution in [0, 0.1) is 0 Å². The summed E-state index contributed by atoms with van der Waals surface area (Å²) in [5.74, 6) is -0.302. The van der Waals surface area contributed by atoms with Gasteiger partial charge in [0.1, 0.15) is 11.4 Å². The second-order valence-electron chi connectivity index (χ2n) is 6.23. The smallest absolute Gasteiger partial charge is 0.287 e. The van der Waals surface area contributed by atoms with Crippen LogP contribution in [0.4, 0.5) is 0 Å². The van der Waals surface area contributed by atoms with Gasteiger partial charge in [-0.05, 0) is 35.9 Å². The molecular weight excluding hydrogens is 378 g/mol. The van der Waals surface area contributed by atoms with Crippen LogP contribution in [0.1, 0.15) is 21.5 Å². The number of carbonyl (C=O) groups excluding carboxylic acids is 2. The minimum absolute atomic E-state index is 0.0761. The van der Waals surface area contributed by atoms with Gasteiger partial charge in [-0.2, -0.15) is 5.10 Å². The maximum absolute atomic E-state index is 12.7. The number of ether oxygens (including phenoxy) is 1. The van der Waals surface area contributed by atoms with Gasteiger partial charge < -0.3 is 10.1 Å². The van der Waals surface area contributed by atoms with Crippen LogP contribution in [0.5, 0.6) is 5.75 Å². The number of hydrogen-bond acceptors (Lipinski definition) is 4. The van der Waals surface area contributed by atoms with Crippen LogP contribution < -0.4 is 15.5 Å². The number of amides is 2. The highest BCUT2D eigenvalue weighted by Crippen LogP contribution is 2.14. The Morgan fingerprint density at radius 2 is 1.50 bits per heavy atom. The van der Waals surface area contributed by atoms with Crippen molar-refractivity contribution in [2.45, 2.75) is 0 Å². The molecule has 0 unspecified atom stereocenters. The predicted molar refractivity (Wildman–Crippen MR) is 117 cm³/mol. The minimum atomic E-state index is -0.547. The van der Waals surface area contributed by atoms with Crippen molar-refractivity contribution in [1.82, 2.24) is 10.7 Å². The average Bonchev–Trinajstić information content (AvgIpc) is 2.80. The minimum Gasteiger partial charge on any atom is -0.496 e. The topological polar surface area (TPSA) is 79.8 Å². The molecule has 2 N–H and O–H groups in total. The largest absolute Gasteiger partial charge is 0.496 e. The van der Waals surface area contributed by atoms with Gasteiger partial charge in [-0.1, -0.05) is 60.7 Å². The number of nitrogens with one attached hydrogen (secondary N) is 2. The summed E-state index contributed by atoms with van der Waals surface area (Å²) < 4.78 is 5.26. The van der Waals surface area contributed by atoms with E-state index in [9.17, 15) is 9.59 Å². The Hall–Kier alpha value is -4.19. The van der Waals surface area contributed by atoms with Crippen LogP contribution in [-0.4, -0.2) is 25.1 Å². The van der Waals surface area contributed by atoms with Gasteiger partial charge in [-0.15, -0.1) is 0 Å². The Kier molecular flexibility index (Phi) is 7.11. The molecule has 0 radical (unpaired) electrons. The Labute approximate surface area is 174 Å². The third kappa shape index (κ3) is 5.65. The number of nitrogens with zero attached hydrogens (tertiary/aromatic N) is 1. The quantitative estimate of drug-likeness (QED) is 0.362. The molecule has 3 aromatic rings. The van der Waals surface area contributed by atoms with Crippen molar-refractivity contribution in [3.05, 3.63) is 107 Å². The van der Waals surface area contributed by atoms with Crippen LogP contribution in [0.3, 0.4) is 0 Å². The summed E-state index contributed by atoms with van der Waals surface area (Å²) in [6.07, 6.45) is 3.07. The van der Waals surface area contributed by atoms with Crippen molar-refractivity contribution in [2.75, 3.05) is 7.11 Å². The van der Waals surface area contributed by atoms with E-state index in [4.69, 9.17) is 4.74 Å². The monoisotopic (exact) mass is 399 g/mol. The fourth-order valence-electron chi connectivity index (χ4n) is 2.65. The highest BCUT2D eigenvalue weighted by Gasteiger charge is 2.14. The molecule has 0 aliphatic heterocycles. The zero-order valence-electron chi connectivity index (χ0n) is 16.4. The molecule has 3 rings (SSSR count). The average molecular weight is 399 g/mol. The Bertz CT molecular complexity index is 1060. The van der Waals surface area contributed by atoms with Gasteiger partial charge in [0.25, 0.3) is 11.8 Å². The van der Waals surface area contributed by atoms with E-state index in [1.807, 2.05) is 54.6 Å². The molecule has 0 aromatic heterocycles. The van der Waals surface area contributed by atoms with Gasteiger partial charge in [-0.25, -0.2) is 5.43 Å². The van der Waals surface area contributed by atoms with Gasteiger partial charge in [0.2, 0.25) is 0 Å². The van der Waals surface area contributed by atoms with Gasteiger partial charge in [0.15, 0.2) is 0 Å². The third-order valence-corrected chi connectivity index (χ3v) is 4.15. The van der Waals surface area contributed by atoms with E-state index < -0.39 is 5.91 Å². The van der Waals surface area contributed by atoms with E-state index in [-0.39, 0.29) is 11.6 Å². The Morgan fingerprint density at radius 3 is 2.20 bits per heavy atom. The molecule has 6 heteroatoms. The number of hydrazone groups is 1. The zero-order chi connectivity index (χ0) is 21.2. The molecule has 0 aliphatic rings. The Balaban J connectivity index is 1.79. The van der Waals surface area contributed by atoms with E-state index in [1.165, 1.54) is 6.21 Å². The Morgan fingerprint density at radius 1 is 0.867 bits per heavy atom. The molecule has 30 heavy (non-hydrogen) atoms. The van der Waals surface area contributed by atoms with Crippen LogP contribution in [0.25, 0.3) is 6.08 Å². The van der Waals surface area contributed by atoms with Crippen molar-refractivity contribution < 1.29 is 14.3 Å². The molecule has 0 bridgehead atoms. The van der Waals surface area contributed by atoms with Crippen LogP contribution in [0.15, 0.2) is 95.7 Å². The molecule has 0 saturated heterocycles. The van der Waals surface area contributed by atoms with Crippen LogP contribution >= 0.6 is 0 Å². The predicted octanol–water partition coefficient (Wildman–Crippen LogP) is 3.62. The summed E-state index contributed by atoms with van der Waals surface area (Å²) >= 11 is 0. The number of hydrogen-bond donors (Lipinski definition) is 2. The number of methoxy groups -OCH3 is 1. The normalized spacial score (nSPS) is 11.2. The van der Waals surface area contributed by atoms with E-state index in [1.54, 1.807) is 43.5 Å². The van der Waals surface area contributed by atoms with Crippen molar-refractivity contribution in [3.8, 4) is 5.75 Å². The third-order valence-electron chi connectivity index (χ3n) is 4.15. The fraction of sp³-hybridized carbons (Fsp3) is 0.0417. The first-order valence-electron chi connectivity index (χ1n) is 9.27. The molecule has 0 atom stereocenters. The zero-order valence-corrected chi connectivity index (χ0v) is 16.4. The van der Waals surface area contributed by atoms with Gasteiger partial charge in [0.05, 0.1) is 13.3 Å². The lowest BCUT2D eigenvalue weighted by atomic mass is 10.1. The fourth-order valence-corrected chi connectivity index (χ4v) is 2.65. The maximum Gasteiger partial charge on any atom is 0.287 e. The number of para-hydroxylation sites is 1. The lowest BCUT2D eigenvalue weighted by molar-refractivity contribution is -0.117. The molecule has 0 spiro atoms. The van der Waals surface area contributed by atoms with Gasteiger partial charge in [0, 0.05) is 11.1 Å². The SMILES string of the molecule is COc1ccccc1/C=N\NC(=O)/C(=C/c1ccccc1)NC(=O)c1ccccc1. The van der Waals surface area contributed by atoms with E-state index in [2.05, 4.69) is 15.8 Å². The van der Waals surface area contributed by atoms with Gasteiger partial charge in [-0.3, -0.25) is 9.59 Å². The number of benzene rings is 3. The number of rotatable bonds is 7. The molecule has 3 aromatic carbocycles. The van der Waals surface area contributed by atoms with Crippen LogP contribution in [-0.2, 0) is 4.79 Å². The second kappa shape index (κ2) is 10.4.